The van der Waals surface area contributed by atoms with E-state index in [-0.39, 0.29) is 23.2 Å². The standard InChI is InChI=1S/C20H13FN6O2/c21-13-6-4-12(5-7-13)11-15-25-26-20(29-15)17-18(28)16-14(3-1-8-22-16)19(24-17)27-10-2-9-23-27/h1-10,28H,11H2. The molecular weight excluding hydrogens is 375 g/mol. The summed E-state index contributed by atoms with van der Waals surface area (Å²) in [5.41, 5.74) is 1.28. The quantitative estimate of drug-likeness (QED) is 0.504. The highest BCUT2D eigenvalue weighted by Crippen LogP contribution is 2.35. The number of aromatic nitrogens is 6. The van der Waals surface area contributed by atoms with Gasteiger partial charge in [0.1, 0.15) is 11.3 Å². The van der Waals surface area contributed by atoms with Gasteiger partial charge in [-0.25, -0.2) is 14.1 Å². The molecule has 0 unspecified atom stereocenters. The van der Waals surface area contributed by atoms with Crippen molar-refractivity contribution in [3.05, 3.63) is 78.3 Å². The van der Waals surface area contributed by atoms with E-state index in [4.69, 9.17) is 4.42 Å². The van der Waals surface area contributed by atoms with Gasteiger partial charge in [-0.3, -0.25) is 4.98 Å². The molecular formula is C20H13FN6O2. The van der Waals surface area contributed by atoms with Gasteiger partial charge in [0, 0.05) is 24.0 Å². The van der Waals surface area contributed by atoms with E-state index in [0.717, 1.165) is 5.56 Å². The fraction of sp³-hybridized carbons (Fsp3) is 0.0500. The van der Waals surface area contributed by atoms with E-state index in [1.54, 1.807) is 53.6 Å². The van der Waals surface area contributed by atoms with Crippen LogP contribution in [0.25, 0.3) is 28.3 Å². The lowest BCUT2D eigenvalue weighted by molar-refractivity contribution is 0.470. The number of rotatable bonds is 4. The highest BCUT2D eigenvalue weighted by atomic mass is 19.1. The Bertz CT molecular complexity index is 1300. The Balaban J connectivity index is 1.59. The Morgan fingerprint density at radius 3 is 2.69 bits per heavy atom. The molecule has 0 aliphatic carbocycles. The van der Waals surface area contributed by atoms with Gasteiger partial charge in [-0.1, -0.05) is 12.1 Å². The van der Waals surface area contributed by atoms with Crippen molar-refractivity contribution in [2.24, 2.45) is 0 Å². The molecule has 142 valence electrons. The molecule has 0 fully saturated rings. The first kappa shape index (κ1) is 17.0. The number of halogens is 1. The molecule has 0 bridgehead atoms. The molecule has 9 heteroatoms. The largest absolute Gasteiger partial charge is 0.504 e. The maximum absolute atomic E-state index is 13.1. The number of hydrogen-bond donors (Lipinski definition) is 1. The van der Waals surface area contributed by atoms with Crippen molar-refractivity contribution in [3.8, 4) is 23.2 Å². The van der Waals surface area contributed by atoms with Crippen LogP contribution in [0.1, 0.15) is 11.5 Å². The van der Waals surface area contributed by atoms with Crippen molar-refractivity contribution in [3.63, 3.8) is 0 Å². The lowest BCUT2D eigenvalue weighted by atomic mass is 10.1. The molecule has 0 atom stereocenters. The Morgan fingerprint density at radius 2 is 1.90 bits per heavy atom. The second-order valence-electron chi connectivity index (χ2n) is 6.29. The number of aromatic hydroxyl groups is 1. The normalized spacial score (nSPS) is 11.2. The minimum absolute atomic E-state index is 0.0561. The monoisotopic (exact) mass is 388 g/mol. The number of benzene rings is 1. The summed E-state index contributed by atoms with van der Waals surface area (Å²) in [7, 11) is 0. The average Bonchev–Trinajstić information content (AvgIpc) is 3.43. The highest BCUT2D eigenvalue weighted by Gasteiger charge is 2.21. The molecule has 0 amide bonds. The second kappa shape index (κ2) is 6.79. The number of hydrogen-bond acceptors (Lipinski definition) is 7. The van der Waals surface area contributed by atoms with Crippen molar-refractivity contribution in [2.75, 3.05) is 0 Å². The predicted octanol–water partition coefficient (Wildman–Crippen LogP) is 3.30. The Kier molecular flexibility index (Phi) is 3.98. The topological polar surface area (TPSA) is 103 Å². The number of fused-ring (bicyclic) bond motifs is 1. The van der Waals surface area contributed by atoms with Crippen LogP contribution in [0.5, 0.6) is 5.75 Å². The van der Waals surface area contributed by atoms with E-state index in [2.05, 4.69) is 25.3 Å². The Morgan fingerprint density at radius 1 is 1.03 bits per heavy atom. The SMILES string of the molecule is Oc1c(-c2nnc(Cc3ccc(F)cc3)o2)nc(-n2cccn2)c2cccnc12. The molecule has 4 heterocycles. The summed E-state index contributed by atoms with van der Waals surface area (Å²) in [6, 6.07) is 11.3. The first-order valence-electron chi connectivity index (χ1n) is 8.74. The van der Waals surface area contributed by atoms with E-state index in [0.29, 0.717) is 29.0 Å². The fourth-order valence-corrected chi connectivity index (χ4v) is 3.02. The van der Waals surface area contributed by atoms with E-state index < -0.39 is 0 Å². The fourth-order valence-electron chi connectivity index (χ4n) is 3.02. The lowest BCUT2D eigenvalue weighted by Gasteiger charge is -2.09. The van der Waals surface area contributed by atoms with Crippen molar-refractivity contribution < 1.29 is 13.9 Å². The van der Waals surface area contributed by atoms with Gasteiger partial charge >= 0.3 is 0 Å². The van der Waals surface area contributed by atoms with Gasteiger partial charge in [-0.15, -0.1) is 10.2 Å². The second-order valence-corrected chi connectivity index (χ2v) is 6.29. The molecule has 1 aromatic carbocycles. The first-order valence-corrected chi connectivity index (χ1v) is 8.74. The molecule has 0 aliphatic rings. The maximum atomic E-state index is 13.1. The maximum Gasteiger partial charge on any atom is 0.270 e. The summed E-state index contributed by atoms with van der Waals surface area (Å²) in [5, 5.41) is 23.6. The Labute approximate surface area is 163 Å². The molecule has 1 N–H and O–H groups in total. The van der Waals surface area contributed by atoms with Crippen LogP contribution in [0.15, 0.2) is 65.5 Å². The van der Waals surface area contributed by atoms with E-state index >= 15 is 0 Å². The molecule has 5 rings (SSSR count). The van der Waals surface area contributed by atoms with E-state index in [1.165, 1.54) is 12.1 Å². The minimum atomic E-state index is -0.316. The first-order chi connectivity index (χ1) is 14.2. The summed E-state index contributed by atoms with van der Waals surface area (Å²) in [6.07, 6.45) is 5.27. The molecule has 0 saturated heterocycles. The molecule has 0 aliphatic heterocycles. The van der Waals surface area contributed by atoms with Gasteiger partial charge in [0.2, 0.25) is 5.89 Å². The third-order valence-corrected chi connectivity index (χ3v) is 4.37. The minimum Gasteiger partial charge on any atom is -0.504 e. The Hall–Kier alpha value is -4.14. The summed E-state index contributed by atoms with van der Waals surface area (Å²) >= 11 is 0. The van der Waals surface area contributed by atoms with Gasteiger partial charge in [0.15, 0.2) is 17.3 Å². The summed E-state index contributed by atoms with van der Waals surface area (Å²) < 4.78 is 20.4. The van der Waals surface area contributed by atoms with Crippen molar-refractivity contribution >= 4 is 10.9 Å². The van der Waals surface area contributed by atoms with Crippen LogP contribution in [-0.4, -0.2) is 35.1 Å². The zero-order chi connectivity index (χ0) is 19.8. The molecule has 0 saturated carbocycles. The summed E-state index contributed by atoms with van der Waals surface area (Å²) in [6.45, 7) is 0. The third-order valence-electron chi connectivity index (χ3n) is 4.37. The van der Waals surface area contributed by atoms with Crippen LogP contribution >= 0.6 is 0 Å². The molecule has 4 aromatic heterocycles. The van der Waals surface area contributed by atoms with Gasteiger partial charge in [0.25, 0.3) is 5.89 Å². The smallest absolute Gasteiger partial charge is 0.270 e. The molecule has 8 nitrogen and oxygen atoms in total. The van der Waals surface area contributed by atoms with Crippen LogP contribution in [0.3, 0.4) is 0 Å². The van der Waals surface area contributed by atoms with Crippen molar-refractivity contribution in [2.45, 2.75) is 6.42 Å². The predicted molar refractivity (Wildman–Crippen MR) is 101 cm³/mol. The van der Waals surface area contributed by atoms with E-state index in [1.807, 2.05) is 0 Å². The van der Waals surface area contributed by atoms with Crippen LogP contribution in [0, 0.1) is 5.82 Å². The molecule has 29 heavy (non-hydrogen) atoms. The van der Waals surface area contributed by atoms with E-state index in [9.17, 15) is 9.50 Å². The zero-order valence-electron chi connectivity index (χ0n) is 14.9. The van der Waals surface area contributed by atoms with Crippen molar-refractivity contribution in [1.82, 2.24) is 29.9 Å². The lowest BCUT2D eigenvalue weighted by Crippen LogP contribution is -2.02. The van der Waals surface area contributed by atoms with Crippen LogP contribution in [0.4, 0.5) is 4.39 Å². The van der Waals surface area contributed by atoms with Crippen molar-refractivity contribution in [1.29, 1.82) is 0 Å². The summed E-state index contributed by atoms with van der Waals surface area (Å²) in [4.78, 5) is 8.77. The number of nitrogens with zero attached hydrogens (tertiary/aromatic N) is 6. The van der Waals surface area contributed by atoms with Crippen LogP contribution in [-0.2, 0) is 6.42 Å². The summed E-state index contributed by atoms with van der Waals surface area (Å²) in [5.74, 6) is 0.372. The zero-order valence-corrected chi connectivity index (χ0v) is 14.9. The highest BCUT2D eigenvalue weighted by molar-refractivity contribution is 5.93. The molecule has 5 aromatic rings. The van der Waals surface area contributed by atoms with Gasteiger partial charge in [-0.05, 0) is 35.9 Å². The van der Waals surface area contributed by atoms with Crippen LogP contribution < -0.4 is 0 Å². The van der Waals surface area contributed by atoms with Crippen LogP contribution in [0.2, 0.25) is 0 Å². The van der Waals surface area contributed by atoms with Gasteiger partial charge in [0.05, 0.1) is 6.42 Å². The van der Waals surface area contributed by atoms with Gasteiger partial charge < -0.3 is 9.52 Å². The molecule has 0 radical (unpaired) electrons. The molecule has 0 spiro atoms. The third kappa shape index (κ3) is 3.08. The van der Waals surface area contributed by atoms with Gasteiger partial charge in [-0.2, -0.15) is 5.10 Å². The average molecular weight is 388 g/mol. The number of pyridine rings is 2.